The van der Waals surface area contributed by atoms with Crippen molar-refractivity contribution in [3.63, 3.8) is 0 Å². The van der Waals surface area contributed by atoms with Crippen LogP contribution in [-0.4, -0.2) is 45.1 Å². The van der Waals surface area contributed by atoms with E-state index in [1.165, 1.54) is 0 Å². The largest absolute Gasteiger partial charge is 0.481 e. The molecule has 1 aliphatic heterocycles. The van der Waals surface area contributed by atoms with E-state index in [-0.39, 0.29) is 23.7 Å². The van der Waals surface area contributed by atoms with Gasteiger partial charge >= 0.3 is 5.97 Å². The number of carboxylic acids is 1. The number of amides is 1. The van der Waals surface area contributed by atoms with Crippen LogP contribution in [-0.2, 0) is 9.59 Å². The molecule has 1 saturated heterocycles. The van der Waals surface area contributed by atoms with Crippen molar-refractivity contribution in [1.29, 1.82) is 0 Å². The molecule has 0 bridgehead atoms. The number of piperidine rings is 1. The van der Waals surface area contributed by atoms with Gasteiger partial charge in [-0.3, -0.25) is 9.59 Å². The van der Waals surface area contributed by atoms with Crippen LogP contribution < -0.4 is 0 Å². The molecule has 3 fully saturated rings. The molecule has 130 valence electrons. The molecule has 0 radical (unpaired) electrons. The third-order valence-corrected chi connectivity index (χ3v) is 5.61. The zero-order chi connectivity index (χ0) is 16.7. The molecular formula is C17H23N3O4. The van der Waals surface area contributed by atoms with Gasteiger partial charge in [0.25, 0.3) is 0 Å². The topological polar surface area (TPSA) is 96.5 Å². The number of likely N-dealkylation sites (tertiary alicyclic amines) is 1. The molecule has 1 N–H and O–H groups in total. The number of rotatable bonds is 4. The fraction of sp³-hybridized carbons (Fsp3) is 0.765. The summed E-state index contributed by atoms with van der Waals surface area (Å²) in [6.45, 7) is 1.37. The summed E-state index contributed by atoms with van der Waals surface area (Å²) in [6, 6.07) is 0. The Morgan fingerprint density at radius 3 is 2.58 bits per heavy atom. The number of nitrogens with zero attached hydrogens (tertiary/aromatic N) is 3. The molecule has 24 heavy (non-hydrogen) atoms. The van der Waals surface area contributed by atoms with Gasteiger partial charge in [-0.2, -0.15) is 4.98 Å². The molecule has 1 unspecified atom stereocenters. The Hall–Kier alpha value is -1.92. The quantitative estimate of drug-likeness (QED) is 0.907. The van der Waals surface area contributed by atoms with E-state index in [4.69, 9.17) is 9.63 Å². The average molecular weight is 333 g/mol. The van der Waals surface area contributed by atoms with Crippen LogP contribution in [0.15, 0.2) is 4.52 Å². The predicted octanol–water partition coefficient (Wildman–Crippen LogP) is 2.15. The van der Waals surface area contributed by atoms with Crippen LogP contribution in [0, 0.1) is 11.8 Å². The first-order valence-corrected chi connectivity index (χ1v) is 8.97. The Morgan fingerprint density at radius 2 is 1.88 bits per heavy atom. The maximum Gasteiger partial charge on any atom is 0.306 e. The van der Waals surface area contributed by atoms with Crippen LogP contribution in [0.4, 0.5) is 0 Å². The van der Waals surface area contributed by atoms with E-state index in [0.29, 0.717) is 31.7 Å². The second kappa shape index (κ2) is 6.18. The van der Waals surface area contributed by atoms with Gasteiger partial charge in [-0.25, -0.2) is 0 Å². The van der Waals surface area contributed by atoms with Crippen molar-refractivity contribution in [2.45, 2.75) is 56.8 Å². The van der Waals surface area contributed by atoms with Crippen molar-refractivity contribution in [2.24, 2.45) is 11.8 Å². The zero-order valence-electron chi connectivity index (χ0n) is 13.7. The lowest BCUT2D eigenvalue weighted by Crippen LogP contribution is -2.42. The predicted molar refractivity (Wildman–Crippen MR) is 83.3 cm³/mol. The van der Waals surface area contributed by atoms with Gasteiger partial charge in [-0.1, -0.05) is 5.16 Å². The van der Waals surface area contributed by atoms with Gasteiger partial charge in [0.2, 0.25) is 11.8 Å². The normalized spacial score (nSPS) is 30.5. The molecule has 2 aliphatic carbocycles. The van der Waals surface area contributed by atoms with Gasteiger partial charge in [0, 0.05) is 30.8 Å². The Kier molecular flexibility index (Phi) is 4.02. The van der Waals surface area contributed by atoms with Crippen molar-refractivity contribution < 1.29 is 19.2 Å². The monoisotopic (exact) mass is 333 g/mol. The fourth-order valence-corrected chi connectivity index (χ4v) is 3.99. The van der Waals surface area contributed by atoms with E-state index in [0.717, 1.165) is 43.9 Å². The minimum atomic E-state index is -0.777. The molecule has 2 heterocycles. The van der Waals surface area contributed by atoms with E-state index >= 15 is 0 Å². The fourth-order valence-electron chi connectivity index (χ4n) is 3.99. The summed E-state index contributed by atoms with van der Waals surface area (Å²) < 4.78 is 5.35. The third-order valence-electron chi connectivity index (χ3n) is 5.61. The standard InChI is InChI=1S/C17H23N3O4/c21-16(11-5-6-12(8-11)17(22)23)20-7-1-2-13(9-20)14-18-15(24-19-14)10-3-4-10/h10-13H,1-9H2,(H,22,23)/t11-,12+,13?/m0/s1. The van der Waals surface area contributed by atoms with Gasteiger partial charge in [0.15, 0.2) is 5.82 Å². The number of carbonyl (C=O) groups is 2. The number of aliphatic carboxylic acids is 1. The van der Waals surface area contributed by atoms with Crippen LogP contribution in [0.3, 0.4) is 0 Å². The van der Waals surface area contributed by atoms with Crippen LogP contribution in [0.1, 0.15) is 68.5 Å². The molecule has 1 aromatic heterocycles. The number of hydrogen-bond acceptors (Lipinski definition) is 5. The molecule has 0 spiro atoms. The summed E-state index contributed by atoms with van der Waals surface area (Å²) in [5, 5.41) is 13.2. The van der Waals surface area contributed by atoms with Crippen molar-refractivity contribution in [2.75, 3.05) is 13.1 Å². The van der Waals surface area contributed by atoms with E-state index in [1.807, 2.05) is 4.90 Å². The molecule has 4 rings (SSSR count). The summed E-state index contributed by atoms with van der Waals surface area (Å²) in [7, 11) is 0. The van der Waals surface area contributed by atoms with Crippen LogP contribution in [0.2, 0.25) is 0 Å². The lowest BCUT2D eigenvalue weighted by Gasteiger charge is -2.33. The van der Waals surface area contributed by atoms with E-state index in [1.54, 1.807) is 0 Å². The number of hydrogen-bond donors (Lipinski definition) is 1. The number of carboxylic acid groups (broad SMARTS) is 1. The van der Waals surface area contributed by atoms with Gasteiger partial charge in [-0.15, -0.1) is 0 Å². The molecule has 7 heteroatoms. The average Bonchev–Trinajstić information content (AvgIpc) is 3.13. The Balaban J connectivity index is 1.39. The number of carbonyl (C=O) groups excluding carboxylic acids is 1. The Bertz CT molecular complexity index is 640. The Labute approximate surface area is 140 Å². The maximum atomic E-state index is 12.7. The third kappa shape index (κ3) is 3.03. The van der Waals surface area contributed by atoms with Gasteiger partial charge < -0.3 is 14.5 Å². The molecule has 7 nitrogen and oxygen atoms in total. The summed E-state index contributed by atoms with van der Waals surface area (Å²) in [4.78, 5) is 30.2. The van der Waals surface area contributed by atoms with Crippen molar-refractivity contribution in [3.8, 4) is 0 Å². The summed E-state index contributed by atoms with van der Waals surface area (Å²) in [6.07, 6.45) is 5.92. The molecule has 3 atom stereocenters. The highest BCUT2D eigenvalue weighted by Crippen LogP contribution is 2.40. The summed E-state index contributed by atoms with van der Waals surface area (Å²) >= 11 is 0. The van der Waals surface area contributed by atoms with Gasteiger partial charge in [0.1, 0.15) is 0 Å². The lowest BCUT2D eigenvalue weighted by atomic mass is 9.95. The first kappa shape index (κ1) is 15.6. The number of aromatic nitrogens is 2. The van der Waals surface area contributed by atoms with E-state index < -0.39 is 5.97 Å². The highest BCUT2D eigenvalue weighted by molar-refractivity contribution is 5.81. The maximum absolute atomic E-state index is 12.7. The van der Waals surface area contributed by atoms with Crippen molar-refractivity contribution in [3.05, 3.63) is 11.7 Å². The van der Waals surface area contributed by atoms with Crippen LogP contribution >= 0.6 is 0 Å². The van der Waals surface area contributed by atoms with E-state index in [2.05, 4.69) is 10.1 Å². The molecular weight excluding hydrogens is 310 g/mol. The molecule has 1 aromatic rings. The van der Waals surface area contributed by atoms with Crippen LogP contribution in [0.5, 0.6) is 0 Å². The van der Waals surface area contributed by atoms with Gasteiger partial charge in [-0.05, 0) is 44.9 Å². The molecule has 1 amide bonds. The first-order chi connectivity index (χ1) is 11.6. The van der Waals surface area contributed by atoms with Crippen LogP contribution in [0.25, 0.3) is 0 Å². The first-order valence-electron chi connectivity index (χ1n) is 8.97. The van der Waals surface area contributed by atoms with E-state index in [9.17, 15) is 9.59 Å². The minimum Gasteiger partial charge on any atom is -0.481 e. The molecule has 2 saturated carbocycles. The zero-order valence-corrected chi connectivity index (χ0v) is 13.7. The smallest absolute Gasteiger partial charge is 0.306 e. The van der Waals surface area contributed by atoms with Gasteiger partial charge in [0.05, 0.1) is 5.92 Å². The second-order valence-corrected chi connectivity index (χ2v) is 7.43. The molecule has 0 aromatic carbocycles. The molecule has 3 aliphatic rings. The lowest BCUT2D eigenvalue weighted by molar-refractivity contribution is -0.141. The Morgan fingerprint density at radius 1 is 1.08 bits per heavy atom. The summed E-state index contributed by atoms with van der Waals surface area (Å²) in [5.74, 6) is 0.873. The van der Waals surface area contributed by atoms with Crippen molar-refractivity contribution in [1.82, 2.24) is 15.0 Å². The van der Waals surface area contributed by atoms with Crippen molar-refractivity contribution >= 4 is 11.9 Å². The minimum absolute atomic E-state index is 0.106. The highest BCUT2D eigenvalue weighted by Gasteiger charge is 2.38. The summed E-state index contributed by atoms with van der Waals surface area (Å²) in [5.41, 5.74) is 0. The highest BCUT2D eigenvalue weighted by atomic mass is 16.5. The SMILES string of the molecule is O=C(O)[C@@H]1CC[C@H](C(=O)N2CCCC(c3noc(C4CC4)n3)C2)C1. The second-order valence-electron chi connectivity index (χ2n) is 7.43.